The molecule has 17 heavy (non-hydrogen) atoms. The van der Waals surface area contributed by atoms with Crippen molar-refractivity contribution in [2.75, 3.05) is 20.3 Å². The molecule has 0 saturated heterocycles. The van der Waals surface area contributed by atoms with E-state index in [1.807, 2.05) is 19.4 Å². The first-order valence-electron chi connectivity index (χ1n) is 6.35. The molecule has 4 nitrogen and oxygen atoms in total. The van der Waals surface area contributed by atoms with Crippen molar-refractivity contribution in [3.8, 4) is 0 Å². The summed E-state index contributed by atoms with van der Waals surface area (Å²) in [5, 5.41) is 3.53. The van der Waals surface area contributed by atoms with Crippen LogP contribution in [0.1, 0.15) is 26.1 Å². The van der Waals surface area contributed by atoms with Gasteiger partial charge in [0.1, 0.15) is 5.82 Å². The molecule has 0 fully saturated rings. The SMILES string of the molecule is CCNC(Cc1nccn1C)CC(C)COC. The number of aryl methyl sites for hydroxylation is 1. The summed E-state index contributed by atoms with van der Waals surface area (Å²) in [6.07, 6.45) is 5.95. The quantitative estimate of drug-likeness (QED) is 0.749. The zero-order chi connectivity index (χ0) is 12.7. The van der Waals surface area contributed by atoms with E-state index in [1.54, 1.807) is 7.11 Å². The summed E-state index contributed by atoms with van der Waals surface area (Å²) >= 11 is 0. The van der Waals surface area contributed by atoms with E-state index >= 15 is 0 Å². The van der Waals surface area contributed by atoms with Crippen LogP contribution in [0.25, 0.3) is 0 Å². The van der Waals surface area contributed by atoms with Crippen LogP contribution < -0.4 is 5.32 Å². The van der Waals surface area contributed by atoms with Gasteiger partial charge in [0.15, 0.2) is 0 Å². The maximum Gasteiger partial charge on any atom is 0.109 e. The normalized spacial score (nSPS) is 14.8. The third-order valence-corrected chi connectivity index (χ3v) is 2.98. The van der Waals surface area contributed by atoms with Gasteiger partial charge in [0.05, 0.1) is 0 Å². The molecule has 0 saturated carbocycles. The van der Waals surface area contributed by atoms with Gasteiger partial charge in [-0.3, -0.25) is 0 Å². The number of methoxy groups -OCH3 is 1. The standard InChI is InChI=1S/C13H25N3O/c1-5-14-12(8-11(2)10-17-4)9-13-15-6-7-16(13)3/h6-7,11-12,14H,5,8-10H2,1-4H3. The van der Waals surface area contributed by atoms with Crippen LogP contribution in [0.4, 0.5) is 0 Å². The lowest BCUT2D eigenvalue weighted by Gasteiger charge is -2.21. The Hall–Kier alpha value is -0.870. The molecule has 0 amide bonds. The Labute approximate surface area is 104 Å². The number of nitrogens with one attached hydrogen (secondary N) is 1. The van der Waals surface area contributed by atoms with Crippen LogP contribution >= 0.6 is 0 Å². The number of imidazole rings is 1. The fourth-order valence-corrected chi connectivity index (χ4v) is 2.18. The largest absolute Gasteiger partial charge is 0.384 e. The van der Waals surface area contributed by atoms with Crippen LogP contribution in [0.15, 0.2) is 12.4 Å². The average molecular weight is 239 g/mol. The number of aromatic nitrogens is 2. The maximum absolute atomic E-state index is 5.19. The molecule has 1 heterocycles. The highest BCUT2D eigenvalue weighted by Crippen LogP contribution is 2.10. The summed E-state index contributed by atoms with van der Waals surface area (Å²) in [7, 11) is 3.81. The molecule has 1 N–H and O–H groups in total. The van der Waals surface area contributed by atoms with Crippen LogP contribution in [0.5, 0.6) is 0 Å². The highest BCUT2D eigenvalue weighted by Gasteiger charge is 2.14. The van der Waals surface area contributed by atoms with Crippen molar-refractivity contribution >= 4 is 0 Å². The van der Waals surface area contributed by atoms with Crippen LogP contribution in [0.3, 0.4) is 0 Å². The monoisotopic (exact) mass is 239 g/mol. The fraction of sp³-hybridized carbons (Fsp3) is 0.769. The van der Waals surface area contributed by atoms with E-state index in [4.69, 9.17) is 4.74 Å². The van der Waals surface area contributed by atoms with Crippen LogP contribution in [-0.2, 0) is 18.2 Å². The molecule has 1 aromatic rings. The second kappa shape index (κ2) is 7.45. The van der Waals surface area contributed by atoms with Gasteiger partial charge in [-0.15, -0.1) is 0 Å². The van der Waals surface area contributed by atoms with E-state index in [1.165, 1.54) is 0 Å². The molecule has 0 aliphatic heterocycles. The van der Waals surface area contributed by atoms with Gasteiger partial charge in [-0.25, -0.2) is 4.98 Å². The number of ether oxygens (including phenoxy) is 1. The molecule has 0 aromatic carbocycles. The van der Waals surface area contributed by atoms with E-state index in [-0.39, 0.29) is 0 Å². The van der Waals surface area contributed by atoms with Crippen LogP contribution in [0.2, 0.25) is 0 Å². The summed E-state index contributed by atoms with van der Waals surface area (Å²) in [4.78, 5) is 4.38. The summed E-state index contributed by atoms with van der Waals surface area (Å²) < 4.78 is 7.28. The van der Waals surface area contributed by atoms with Gasteiger partial charge >= 0.3 is 0 Å². The van der Waals surface area contributed by atoms with E-state index < -0.39 is 0 Å². The highest BCUT2D eigenvalue weighted by molar-refractivity contribution is 4.94. The maximum atomic E-state index is 5.19. The molecule has 0 radical (unpaired) electrons. The van der Waals surface area contributed by atoms with E-state index in [2.05, 4.69) is 28.7 Å². The molecule has 4 heteroatoms. The minimum atomic E-state index is 0.478. The smallest absolute Gasteiger partial charge is 0.109 e. The van der Waals surface area contributed by atoms with Gasteiger partial charge in [0.25, 0.3) is 0 Å². The summed E-state index contributed by atoms with van der Waals surface area (Å²) in [5.74, 6) is 1.71. The Bertz CT molecular complexity index is 311. The van der Waals surface area contributed by atoms with Gasteiger partial charge in [-0.05, 0) is 18.9 Å². The van der Waals surface area contributed by atoms with Crippen molar-refractivity contribution in [2.45, 2.75) is 32.7 Å². The first-order chi connectivity index (χ1) is 8.17. The zero-order valence-corrected chi connectivity index (χ0v) is 11.4. The molecule has 0 aliphatic carbocycles. The summed E-state index contributed by atoms with van der Waals surface area (Å²) in [6.45, 7) is 6.19. The Morgan fingerprint density at radius 2 is 2.29 bits per heavy atom. The molecular formula is C13H25N3O. The van der Waals surface area contributed by atoms with Gasteiger partial charge in [-0.2, -0.15) is 0 Å². The summed E-state index contributed by atoms with van der Waals surface area (Å²) in [5.41, 5.74) is 0. The molecule has 2 unspecified atom stereocenters. The van der Waals surface area contributed by atoms with Crippen molar-refractivity contribution in [1.82, 2.24) is 14.9 Å². The first-order valence-corrected chi connectivity index (χ1v) is 6.35. The van der Waals surface area contributed by atoms with Crippen molar-refractivity contribution in [3.05, 3.63) is 18.2 Å². The number of hydrogen-bond donors (Lipinski definition) is 1. The number of likely N-dealkylation sites (N-methyl/N-ethyl adjacent to an activating group) is 1. The lowest BCUT2D eigenvalue weighted by atomic mass is 10.00. The van der Waals surface area contributed by atoms with E-state index in [0.717, 1.165) is 31.8 Å². The van der Waals surface area contributed by atoms with Crippen molar-refractivity contribution in [2.24, 2.45) is 13.0 Å². The second-order valence-electron chi connectivity index (χ2n) is 4.71. The van der Waals surface area contributed by atoms with Crippen molar-refractivity contribution in [1.29, 1.82) is 0 Å². The Balaban J connectivity index is 2.51. The third kappa shape index (κ3) is 4.88. The lowest BCUT2D eigenvalue weighted by molar-refractivity contribution is 0.149. The zero-order valence-electron chi connectivity index (χ0n) is 11.4. The topological polar surface area (TPSA) is 39.1 Å². The van der Waals surface area contributed by atoms with Crippen molar-refractivity contribution in [3.63, 3.8) is 0 Å². The predicted octanol–water partition coefficient (Wildman–Crippen LogP) is 1.61. The molecule has 0 bridgehead atoms. The molecule has 1 aromatic heterocycles. The Morgan fingerprint density at radius 3 is 2.82 bits per heavy atom. The third-order valence-electron chi connectivity index (χ3n) is 2.98. The Morgan fingerprint density at radius 1 is 1.53 bits per heavy atom. The van der Waals surface area contributed by atoms with Crippen LogP contribution in [0, 0.1) is 5.92 Å². The molecule has 1 rings (SSSR count). The second-order valence-corrected chi connectivity index (χ2v) is 4.71. The molecular weight excluding hydrogens is 214 g/mol. The minimum absolute atomic E-state index is 0.478. The molecule has 2 atom stereocenters. The fourth-order valence-electron chi connectivity index (χ4n) is 2.18. The van der Waals surface area contributed by atoms with Gasteiger partial charge < -0.3 is 14.6 Å². The molecule has 0 aliphatic rings. The first kappa shape index (κ1) is 14.2. The average Bonchev–Trinajstić information content (AvgIpc) is 2.65. The molecule has 98 valence electrons. The lowest BCUT2D eigenvalue weighted by Crippen LogP contribution is -2.34. The summed E-state index contributed by atoms with van der Waals surface area (Å²) in [6, 6.07) is 0.478. The van der Waals surface area contributed by atoms with Gasteiger partial charge in [-0.1, -0.05) is 13.8 Å². The van der Waals surface area contributed by atoms with Crippen molar-refractivity contribution < 1.29 is 4.74 Å². The number of rotatable bonds is 8. The Kier molecular flexibility index (Phi) is 6.22. The van der Waals surface area contributed by atoms with Gasteiger partial charge in [0, 0.05) is 45.6 Å². The predicted molar refractivity (Wildman–Crippen MR) is 70.0 cm³/mol. The number of nitrogens with zero attached hydrogens (tertiary/aromatic N) is 2. The van der Waals surface area contributed by atoms with Gasteiger partial charge in [0.2, 0.25) is 0 Å². The van der Waals surface area contributed by atoms with E-state index in [0.29, 0.717) is 12.0 Å². The molecule has 0 spiro atoms. The van der Waals surface area contributed by atoms with Crippen LogP contribution in [-0.4, -0.2) is 35.9 Å². The minimum Gasteiger partial charge on any atom is -0.384 e. The van der Waals surface area contributed by atoms with E-state index in [9.17, 15) is 0 Å². The highest BCUT2D eigenvalue weighted by atomic mass is 16.5. The number of hydrogen-bond acceptors (Lipinski definition) is 3.